The minimum absolute atomic E-state index is 0.367. The maximum Gasteiger partial charge on any atom is 0.218 e. The van der Waals surface area contributed by atoms with Gasteiger partial charge in [0.2, 0.25) is 5.88 Å². The average molecular weight is 222 g/mol. The van der Waals surface area contributed by atoms with Crippen molar-refractivity contribution >= 4 is 0 Å². The quantitative estimate of drug-likeness (QED) is 0.835. The zero-order chi connectivity index (χ0) is 11.2. The van der Waals surface area contributed by atoms with Gasteiger partial charge in [-0.05, 0) is 38.1 Å². The Labute approximate surface area is 96.0 Å². The van der Waals surface area contributed by atoms with Crippen molar-refractivity contribution in [3.63, 3.8) is 0 Å². The molecule has 0 amide bonds. The monoisotopic (exact) mass is 222 g/mol. The summed E-state index contributed by atoms with van der Waals surface area (Å²) < 4.78 is 11.0. The zero-order valence-electron chi connectivity index (χ0n) is 9.61. The second kappa shape index (κ2) is 5.82. The molecule has 0 unspecified atom stereocenters. The summed E-state index contributed by atoms with van der Waals surface area (Å²) in [7, 11) is 1.64. The van der Waals surface area contributed by atoms with Crippen molar-refractivity contribution in [2.24, 2.45) is 0 Å². The maximum atomic E-state index is 5.85. The van der Waals surface area contributed by atoms with Crippen LogP contribution in [0, 0.1) is 0 Å². The minimum Gasteiger partial charge on any atom is -0.481 e. The smallest absolute Gasteiger partial charge is 0.218 e. The first kappa shape index (κ1) is 11.4. The number of piperidine rings is 1. The fourth-order valence-electron chi connectivity index (χ4n) is 1.89. The van der Waals surface area contributed by atoms with E-state index in [2.05, 4.69) is 10.3 Å². The molecule has 4 heteroatoms. The fourth-order valence-corrected chi connectivity index (χ4v) is 1.89. The highest BCUT2D eigenvalue weighted by molar-refractivity contribution is 5.24. The topological polar surface area (TPSA) is 43.4 Å². The van der Waals surface area contributed by atoms with Crippen molar-refractivity contribution in [1.82, 2.24) is 10.3 Å². The summed E-state index contributed by atoms with van der Waals surface area (Å²) in [5, 5.41) is 3.32. The normalized spacial score (nSPS) is 17.3. The van der Waals surface area contributed by atoms with Crippen LogP contribution in [-0.2, 0) is 11.3 Å². The van der Waals surface area contributed by atoms with Crippen LogP contribution < -0.4 is 10.1 Å². The van der Waals surface area contributed by atoms with Crippen LogP contribution in [0.1, 0.15) is 18.4 Å². The van der Waals surface area contributed by atoms with Gasteiger partial charge in [0, 0.05) is 11.8 Å². The van der Waals surface area contributed by atoms with Crippen LogP contribution >= 0.6 is 0 Å². The van der Waals surface area contributed by atoms with Crippen LogP contribution in [0.2, 0.25) is 0 Å². The van der Waals surface area contributed by atoms with E-state index in [1.807, 2.05) is 12.1 Å². The Morgan fingerprint density at radius 2 is 2.25 bits per heavy atom. The van der Waals surface area contributed by atoms with Crippen molar-refractivity contribution in [2.45, 2.75) is 25.6 Å². The van der Waals surface area contributed by atoms with Crippen LogP contribution in [0.3, 0.4) is 0 Å². The molecule has 88 valence electrons. The number of ether oxygens (including phenoxy) is 2. The highest BCUT2D eigenvalue weighted by Gasteiger charge is 2.14. The van der Waals surface area contributed by atoms with Crippen LogP contribution in [0.25, 0.3) is 0 Å². The lowest BCUT2D eigenvalue weighted by Crippen LogP contribution is -2.32. The van der Waals surface area contributed by atoms with Gasteiger partial charge in [0.1, 0.15) is 0 Å². The first-order chi connectivity index (χ1) is 7.90. The molecule has 1 N–H and O–H groups in total. The molecule has 16 heavy (non-hydrogen) atoms. The molecule has 1 fully saturated rings. The summed E-state index contributed by atoms with van der Waals surface area (Å²) in [5.74, 6) is 0.663. The molecule has 0 bridgehead atoms. The number of hydrogen-bond donors (Lipinski definition) is 1. The summed E-state index contributed by atoms with van der Waals surface area (Å²) >= 11 is 0. The van der Waals surface area contributed by atoms with Crippen LogP contribution in [0.15, 0.2) is 18.3 Å². The van der Waals surface area contributed by atoms with Gasteiger partial charge in [0.15, 0.2) is 0 Å². The lowest BCUT2D eigenvalue weighted by atomic mass is 10.1. The number of aromatic nitrogens is 1. The van der Waals surface area contributed by atoms with E-state index < -0.39 is 0 Å². The van der Waals surface area contributed by atoms with E-state index in [4.69, 9.17) is 9.47 Å². The molecule has 4 nitrogen and oxygen atoms in total. The Balaban J connectivity index is 1.88. The molecule has 0 radical (unpaired) electrons. The summed E-state index contributed by atoms with van der Waals surface area (Å²) in [5.41, 5.74) is 1.02. The molecule has 1 aromatic rings. The number of hydrogen-bond acceptors (Lipinski definition) is 4. The molecule has 1 aliphatic heterocycles. The Morgan fingerprint density at radius 3 is 3.00 bits per heavy atom. The van der Waals surface area contributed by atoms with Crippen LogP contribution in [0.5, 0.6) is 5.88 Å². The Bertz CT molecular complexity index is 325. The number of pyridine rings is 1. The molecule has 1 aromatic heterocycles. The molecule has 0 saturated carbocycles. The lowest BCUT2D eigenvalue weighted by molar-refractivity contribution is 0.0201. The highest BCUT2D eigenvalue weighted by Crippen LogP contribution is 2.17. The van der Waals surface area contributed by atoms with E-state index in [1.165, 1.54) is 0 Å². The van der Waals surface area contributed by atoms with E-state index in [0.29, 0.717) is 18.6 Å². The van der Waals surface area contributed by atoms with E-state index >= 15 is 0 Å². The summed E-state index contributed by atoms with van der Waals surface area (Å²) in [6.07, 6.45) is 4.27. The molecule has 2 heterocycles. The third-order valence-corrected chi connectivity index (χ3v) is 2.80. The van der Waals surface area contributed by atoms with Gasteiger partial charge in [-0.25, -0.2) is 4.98 Å². The van der Waals surface area contributed by atoms with Gasteiger partial charge in [0.25, 0.3) is 0 Å². The Kier molecular flexibility index (Phi) is 4.13. The molecular formula is C12H18N2O2. The van der Waals surface area contributed by atoms with Gasteiger partial charge in [-0.3, -0.25) is 0 Å². The average Bonchev–Trinajstić information content (AvgIpc) is 2.38. The molecule has 0 aliphatic carbocycles. The molecule has 1 aliphatic rings. The predicted octanol–water partition coefficient (Wildman–Crippen LogP) is 1.36. The van der Waals surface area contributed by atoms with Crippen molar-refractivity contribution in [3.8, 4) is 5.88 Å². The van der Waals surface area contributed by atoms with Crippen molar-refractivity contribution < 1.29 is 9.47 Å². The summed E-state index contributed by atoms with van der Waals surface area (Å²) in [6, 6.07) is 3.90. The fraction of sp³-hybridized carbons (Fsp3) is 0.583. The second-order valence-electron chi connectivity index (χ2n) is 3.93. The first-order valence-corrected chi connectivity index (χ1v) is 5.70. The van der Waals surface area contributed by atoms with E-state index in [9.17, 15) is 0 Å². The van der Waals surface area contributed by atoms with E-state index in [0.717, 1.165) is 31.5 Å². The van der Waals surface area contributed by atoms with Gasteiger partial charge in [-0.1, -0.05) is 0 Å². The minimum atomic E-state index is 0.367. The number of rotatable bonds is 4. The van der Waals surface area contributed by atoms with Crippen LogP contribution in [-0.4, -0.2) is 31.3 Å². The second-order valence-corrected chi connectivity index (χ2v) is 3.93. The van der Waals surface area contributed by atoms with Gasteiger partial charge in [-0.2, -0.15) is 0 Å². The Morgan fingerprint density at radius 1 is 1.44 bits per heavy atom. The van der Waals surface area contributed by atoms with Crippen molar-refractivity contribution in [1.29, 1.82) is 0 Å². The lowest BCUT2D eigenvalue weighted by Gasteiger charge is -2.23. The molecule has 0 spiro atoms. The Hall–Kier alpha value is -1.13. The molecule has 0 atom stereocenters. The largest absolute Gasteiger partial charge is 0.481 e. The third-order valence-electron chi connectivity index (χ3n) is 2.80. The van der Waals surface area contributed by atoms with Gasteiger partial charge in [0.05, 0.1) is 19.8 Å². The van der Waals surface area contributed by atoms with E-state index in [-0.39, 0.29) is 0 Å². The maximum absolute atomic E-state index is 5.85. The predicted molar refractivity (Wildman–Crippen MR) is 61.5 cm³/mol. The van der Waals surface area contributed by atoms with Crippen LogP contribution in [0.4, 0.5) is 0 Å². The van der Waals surface area contributed by atoms with Gasteiger partial charge in [-0.15, -0.1) is 0 Å². The molecule has 2 rings (SSSR count). The third kappa shape index (κ3) is 2.93. The van der Waals surface area contributed by atoms with Crippen molar-refractivity contribution in [3.05, 3.63) is 23.9 Å². The SMILES string of the molecule is COc1ncccc1COC1CCNCC1. The standard InChI is InChI=1S/C12H18N2O2/c1-15-12-10(3-2-6-14-12)9-16-11-4-7-13-8-5-11/h2-3,6,11,13H,4-5,7-9H2,1H3. The number of nitrogens with zero attached hydrogens (tertiary/aromatic N) is 1. The first-order valence-electron chi connectivity index (χ1n) is 5.70. The number of methoxy groups -OCH3 is 1. The molecular weight excluding hydrogens is 204 g/mol. The zero-order valence-corrected chi connectivity index (χ0v) is 9.61. The summed E-state index contributed by atoms with van der Waals surface area (Å²) in [6.45, 7) is 2.69. The molecule has 0 aromatic carbocycles. The molecule has 1 saturated heterocycles. The van der Waals surface area contributed by atoms with E-state index in [1.54, 1.807) is 13.3 Å². The highest BCUT2D eigenvalue weighted by atomic mass is 16.5. The number of nitrogens with one attached hydrogen (secondary N) is 1. The van der Waals surface area contributed by atoms with Gasteiger partial charge < -0.3 is 14.8 Å². The summed E-state index contributed by atoms with van der Waals surface area (Å²) in [4.78, 5) is 4.15. The van der Waals surface area contributed by atoms with Crippen molar-refractivity contribution in [2.75, 3.05) is 20.2 Å². The van der Waals surface area contributed by atoms with Gasteiger partial charge >= 0.3 is 0 Å².